The molecule has 26 heavy (non-hydrogen) atoms. The van der Waals surface area contributed by atoms with E-state index in [0.717, 1.165) is 12.8 Å². The minimum absolute atomic E-state index is 0.133. The van der Waals surface area contributed by atoms with Crippen LogP contribution >= 0.6 is 0 Å². The molecule has 1 rings (SSSR count). The lowest BCUT2D eigenvalue weighted by Crippen LogP contribution is -2.27. The van der Waals surface area contributed by atoms with Gasteiger partial charge in [0, 0.05) is 6.08 Å². The molecule has 0 spiro atoms. The SMILES string of the molecule is C\C=C/C=C\C=C\C(=O)OCC(C)OC(C)COC(=O)C1=CCCC=C1. The molecule has 2 unspecified atom stereocenters. The number of ether oxygens (including phenoxy) is 3. The first-order valence-electron chi connectivity index (χ1n) is 8.85. The van der Waals surface area contributed by atoms with E-state index in [1.165, 1.54) is 6.08 Å². The van der Waals surface area contributed by atoms with Crippen molar-refractivity contribution in [3.8, 4) is 0 Å². The van der Waals surface area contributed by atoms with Crippen LogP contribution in [0, 0.1) is 0 Å². The van der Waals surface area contributed by atoms with E-state index in [2.05, 4.69) is 0 Å². The predicted molar refractivity (Wildman–Crippen MR) is 101 cm³/mol. The highest BCUT2D eigenvalue weighted by Crippen LogP contribution is 2.11. The van der Waals surface area contributed by atoms with Gasteiger partial charge in [-0.1, -0.05) is 48.6 Å². The predicted octanol–water partition coefficient (Wildman–Crippen LogP) is 3.83. The highest BCUT2D eigenvalue weighted by Gasteiger charge is 2.15. The van der Waals surface area contributed by atoms with Gasteiger partial charge in [-0.05, 0) is 33.6 Å². The first-order valence-corrected chi connectivity index (χ1v) is 8.85. The van der Waals surface area contributed by atoms with Gasteiger partial charge in [-0.2, -0.15) is 0 Å². The Kier molecular flexibility index (Phi) is 10.7. The molecule has 5 heteroatoms. The molecule has 0 aromatic carbocycles. The molecule has 0 heterocycles. The maximum atomic E-state index is 11.9. The van der Waals surface area contributed by atoms with Crippen LogP contribution in [0.15, 0.2) is 60.3 Å². The molecule has 0 amide bonds. The number of carbonyl (C=O) groups excluding carboxylic acids is 2. The van der Waals surface area contributed by atoms with Gasteiger partial charge in [0.1, 0.15) is 13.2 Å². The monoisotopic (exact) mass is 360 g/mol. The first-order chi connectivity index (χ1) is 12.5. The Morgan fingerprint density at radius 2 is 1.73 bits per heavy atom. The Morgan fingerprint density at radius 3 is 2.38 bits per heavy atom. The largest absolute Gasteiger partial charge is 0.460 e. The van der Waals surface area contributed by atoms with Crippen molar-refractivity contribution in [3.05, 3.63) is 60.3 Å². The minimum Gasteiger partial charge on any atom is -0.460 e. The van der Waals surface area contributed by atoms with E-state index in [1.54, 1.807) is 25.2 Å². The van der Waals surface area contributed by atoms with Gasteiger partial charge in [0.2, 0.25) is 0 Å². The number of allylic oxidation sites excluding steroid dienone is 7. The van der Waals surface area contributed by atoms with Gasteiger partial charge in [0.05, 0.1) is 17.8 Å². The maximum Gasteiger partial charge on any atom is 0.337 e. The zero-order chi connectivity index (χ0) is 19.2. The molecule has 1 aliphatic rings. The smallest absolute Gasteiger partial charge is 0.337 e. The number of hydrogen-bond donors (Lipinski definition) is 0. The van der Waals surface area contributed by atoms with Crippen molar-refractivity contribution in [2.24, 2.45) is 0 Å². The van der Waals surface area contributed by atoms with Crippen molar-refractivity contribution in [1.29, 1.82) is 0 Å². The van der Waals surface area contributed by atoms with Crippen molar-refractivity contribution >= 4 is 11.9 Å². The summed E-state index contributed by atoms with van der Waals surface area (Å²) < 4.78 is 16.0. The second kappa shape index (κ2) is 12.9. The Labute approximate surface area is 155 Å². The van der Waals surface area contributed by atoms with E-state index in [9.17, 15) is 9.59 Å². The molecule has 0 saturated carbocycles. The van der Waals surface area contributed by atoms with Gasteiger partial charge in [-0.25, -0.2) is 9.59 Å². The third-order valence-corrected chi connectivity index (χ3v) is 3.36. The van der Waals surface area contributed by atoms with Crippen molar-refractivity contribution in [2.75, 3.05) is 13.2 Å². The zero-order valence-corrected chi connectivity index (χ0v) is 15.7. The summed E-state index contributed by atoms with van der Waals surface area (Å²) in [6.45, 7) is 5.80. The van der Waals surface area contributed by atoms with E-state index in [0.29, 0.717) is 5.57 Å². The fourth-order valence-electron chi connectivity index (χ4n) is 2.14. The topological polar surface area (TPSA) is 61.8 Å². The second-order valence-electron chi connectivity index (χ2n) is 5.89. The number of hydrogen-bond acceptors (Lipinski definition) is 5. The average molecular weight is 360 g/mol. The van der Waals surface area contributed by atoms with Crippen molar-refractivity contribution in [3.63, 3.8) is 0 Å². The molecular weight excluding hydrogens is 332 g/mol. The third-order valence-electron chi connectivity index (χ3n) is 3.36. The number of rotatable bonds is 10. The van der Waals surface area contributed by atoms with Crippen LogP contribution < -0.4 is 0 Å². The summed E-state index contributed by atoms with van der Waals surface area (Å²) in [7, 11) is 0. The van der Waals surface area contributed by atoms with Crippen LogP contribution in [-0.4, -0.2) is 37.4 Å². The molecular formula is C21H28O5. The molecule has 2 atom stereocenters. The normalized spacial score (nSPS) is 16.8. The molecule has 1 aliphatic carbocycles. The quantitative estimate of drug-likeness (QED) is 0.337. The number of carbonyl (C=O) groups is 2. The summed E-state index contributed by atoms with van der Waals surface area (Å²) in [5.41, 5.74) is 0.584. The van der Waals surface area contributed by atoms with Crippen LogP contribution in [-0.2, 0) is 23.8 Å². The average Bonchev–Trinajstić information content (AvgIpc) is 2.65. The van der Waals surface area contributed by atoms with Crippen molar-refractivity contribution in [2.45, 2.75) is 45.8 Å². The minimum atomic E-state index is -0.430. The van der Waals surface area contributed by atoms with E-state index >= 15 is 0 Å². The fraction of sp³-hybridized carbons (Fsp3) is 0.429. The summed E-state index contributed by atoms with van der Waals surface area (Å²) in [6, 6.07) is 0. The van der Waals surface area contributed by atoms with E-state index in [-0.39, 0.29) is 31.4 Å². The molecule has 0 aromatic rings. The van der Waals surface area contributed by atoms with Gasteiger partial charge in [0.15, 0.2) is 0 Å². The van der Waals surface area contributed by atoms with Gasteiger partial charge in [-0.3, -0.25) is 0 Å². The first kappa shape index (κ1) is 21.6. The number of esters is 2. The van der Waals surface area contributed by atoms with Gasteiger partial charge in [0.25, 0.3) is 0 Å². The van der Waals surface area contributed by atoms with Crippen LogP contribution in [0.1, 0.15) is 33.6 Å². The van der Waals surface area contributed by atoms with Crippen LogP contribution in [0.2, 0.25) is 0 Å². The summed E-state index contributed by atoms with van der Waals surface area (Å²) in [4.78, 5) is 23.4. The molecule has 142 valence electrons. The Hall–Kier alpha value is -2.40. The van der Waals surface area contributed by atoms with Gasteiger partial charge < -0.3 is 14.2 Å². The van der Waals surface area contributed by atoms with E-state index in [4.69, 9.17) is 14.2 Å². The Morgan fingerprint density at radius 1 is 1.04 bits per heavy atom. The van der Waals surface area contributed by atoms with Gasteiger partial charge in [-0.15, -0.1) is 0 Å². The van der Waals surface area contributed by atoms with E-state index in [1.807, 2.05) is 44.2 Å². The lowest BCUT2D eigenvalue weighted by molar-refractivity contribution is -0.148. The van der Waals surface area contributed by atoms with E-state index < -0.39 is 5.97 Å². The van der Waals surface area contributed by atoms with Gasteiger partial charge >= 0.3 is 11.9 Å². The molecule has 0 fully saturated rings. The fourth-order valence-corrected chi connectivity index (χ4v) is 2.14. The summed E-state index contributed by atoms with van der Waals surface area (Å²) >= 11 is 0. The van der Waals surface area contributed by atoms with Crippen LogP contribution in [0.5, 0.6) is 0 Å². The second-order valence-corrected chi connectivity index (χ2v) is 5.89. The molecule has 0 aliphatic heterocycles. The molecule has 0 bridgehead atoms. The molecule has 5 nitrogen and oxygen atoms in total. The Balaban J connectivity index is 2.22. The standard InChI is InChI=1S/C21H28O5/c1-4-5-6-7-11-14-20(22)24-15-17(2)26-18(3)16-25-21(23)19-12-9-8-10-13-19/h4-7,9,11-14,17-18H,8,10,15-16H2,1-3H3/b5-4-,7-6-,14-11+. The Bertz CT molecular complexity index is 596. The highest BCUT2D eigenvalue weighted by atomic mass is 16.6. The van der Waals surface area contributed by atoms with Crippen molar-refractivity contribution < 1.29 is 23.8 Å². The maximum absolute atomic E-state index is 11.9. The van der Waals surface area contributed by atoms with Crippen LogP contribution in [0.25, 0.3) is 0 Å². The summed E-state index contributed by atoms with van der Waals surface area (Å²) in [6.07, 6.45) is 17.1. The highest BCUT2D eigenvalue weighted by molar-refractivity contribution is 5.91. The summed E-state index contributed by atoms with van der Waals surface area (Å²) in [5, 5.41) is 0. The van der Waals surface area contributed by atoms with Crippen LogP contribution in [0.4, 0.5) is 0 Å². The lowest BCUT2D eigenvalue weighted by Gasteiger charge is -2.19. The zero-order valence-electron chi connectivity index (χ0n) is 15.7. The summed E-state index contributed by atoms with van der Waals surface area (Å²) in [5.74, 6) is -0.771. The van der Waals surface area contributed by atoms with Crippen LogP contribution in [0.3, 0.4) is 0 Å². The molecule has 0 N–H and O–H groups in total. The molecule has 0 radical (unpaired) electrons. The lowest BCUT2D eigenvalue weighted by atomic mass is 10.1. The molecule has 0 aromatic heterocycles. The molecule has 0 saturated heterocycles. The third kappa shape index (κ3) is 9.79. The van der Waals surface area contributed by atoms with Crippen molar-refractivity contribution in [1.82, 2.24) is 0 Å².